The highest BCUT2D eigenvalue weighted by Gasteiger charge is 2.19. The molecule has 0 amide bonds. The molecule has 9 rings (SSSR count). The number of hydrogen-bond donors (Lipinski definition) is 0. The average molecular weight is 535 g/mol. The number of nitrogens with zero attached hydrogens (tertiary/aromatic N) is 2. The van der Waals surface area contributed by atoms with E-state index in [2.05, 4.69) is 167 Å². The Morgan fingerprint density at radius 2 is 0.833 bits per heavy atom. The summed E-state index contributed by atoms with van der Waals surface area (Å²) in [7, 11) is 0. The second-order valence-electron chi connectivity index (χ2n) is 11.0. The fraction of sp³-hybridized carbons (Fsp3) is 0. The van der Waals surface area contributed by atoms with Crippen molar-refractivity contribution in [3.05, 3.63) is 158 Å². The minimum atomic E-state index is 1.16. The molecule has 42 heavy (non-hydrogen) atoms. The summed E-state index contributed by atoms with van der Waals surface area (Å²) in [5.41, 5.74) is 9.62. The summed E-state index contributed by atoms with van der Waals surface area (Å²) >= 11 is 0. The number of aromatic nitrogens is 2. The molecular formula is C40H26N2. The third-order valence-electron chi connectivity index (χ3n) is 8.65. The van der Waals surface area contributed by atoms with Crippen LogP contribution in [0.4, 0.5) is 0 Å². The van der Waals surface area contributed by atoms with Gasteiger partial charge in [0.25, 0.3) is 0 Å². The molecule has 0 aliphatic heterocycles. The van der Waals surface area contributed by atoms with Crippen LogP contribution in [-0.4, -0.2) is 9.13 Å². The monoisotopic (exact) mass is 534 g/mol. The molecule has 9 aromatic rings. The average Bonchev–Trinajstić information content (AvgIpc) is 3.55. The molecule has 0 saturated heterocycles. The molecule has 0 aliphatic rings. The smallest absolute Gasteiger partial charge is 0.0562 e. The maximum atomic E-state index is 2.43. The summed E-state index contributed by atoms with van der Waals surface area (Å²) < 4.78 is 4.86. The molecule has 0 N–H and O–H groups in total. The topological polar surface area (TPSA) is 9.86 Å². The van der Waals surface area contributed by atoms with Gasteiger partial charge >= 0.3 is 0 Å². The first kappa shape index (κ1) is 23.1. The van der Waals surface area contributed by atoms with E-state index in [9.17, 15) is 0 Å². The van der Waals surface area contributed by atoms with E-state index in [1.165, 1.54) is 71.2 Å². The van der Waals surface area contributed by atoms with Gasteiger partial charge in [0.2, 0.25) is 0 Å². The first-order valence-electron chi connectivity index (χ1n) is 14.4. The molecule has 0 aliphatic carbocycles. The van der Waals surface area contributed by atoms with E-state index in [1.807, 2.05) is 0 Å². The molecule has 0 spiro atoms. The molecule has 0 radical (unpaired) electrons. The molecule has 2 heteroatoms. The van der Waals surface area contributed by atoms with E-state index in [0.29, 0.717) is 0 Å². The predicted octanol–water partition coefficient (Wildman–Crippen LogP) is 10.7. The van der Waals surface area contributed by atoms with Crippen molar-refractivity contribution < 1.29 is 0 Å². The fourth-order valence-electron chi connectivity index (χ4n) is 6.75. The zero-order chi connectivity index (χ0) is 27.6. The van der Waals surface area contributed by atoms with E-state index in [1.54, 1.807) is 0 Å². The quantitative estimate of drug-likeness (QED) is 0.213. The van der Waals surface area contributed by atoms with E-state index in [-0.39, 0.29) is 0 Å². The third-order valence-corrected chi connectivity index (χ3v) is 8.65. The van der Waals surface area contributed by atoms with Gasteiger partial charge in [0, 0.05) is 32.9 Å². The van der Waals surface area contributed by atoms with E-state index in [0.717, 1.165) is 5.69 Å². The van der Waals surface area contributed by atoms with Crippen LogP contribution < -0.4 is 0 Å². The molecule has 0 fully saturated rings. The molecule has 0 atom stereocenters. The van der Waals surface area contributed by atoms with Gasteiger partial charge < -0.3 is 9.13 Å². The first-order chi connectivity index (χ1) is 20.8. The highest BCUT2D eigenvalue weighted by molar-refractivity contribution is 6.20. The third kappa shape index (κ3) is 3.39. The van der Waals surface area contributed by atoms with Crippen LogP contribution >= 0.6 is 0 Å². The summed E-state index contributed by atoms with van der Waals surface area (Å²) in [6.45, 7) is 0. The molecular weight excluding hydrogens is 508 g/mol. The van der Waals surface area contributed by atoms with Gasteiger partial charge in [0.15, 0.2) is 0 Å². The van der Waals surface area contributed by atoms with Crippen molar-refractivity contribution in [3.8, 4) is 22.5 Å². The molecule has 0 saturated carbocycles. The Morgan fingerprint density at radius 1 is 0.286 bits per heavy atom. The zero-order valence-corrected chi connectivity index (χ0v) is 22.9. The minimum Gasteiger partial charge on any atom is -0.309 e. The molecule has 196 valence electrons. The Bertz CT molecular complexity index is 2440. The van der Waals surface area contributed by atoms with E-state index >= 15 is 0 Å². The van der Waals surface area contributed by atoms with Gasteiger partial charge in [-0.25, -0.2) is 0 Å². The predicted molar refractivity (Wildman–Crippen MR) is 178 cm³/mol. The largest absolute Gasteiger partial charge is 0.309 e. The van der Waals surface area contributed by atoms with Crippen molar-refractivity contribution in [2.75, 3.05) is 0 Å². The van der Waals surface area contributed by atoms with Gasteiger partial charge in [0.1, 0.15) is 0 Å². The van der Waals surface area contributed by atoms with Gasteiger partial charge in [-0.3, -0.25) is 0 Å². The van der Waals surface area contributed by atoms with Crippen LogP contribution in [0, 0.1) is 0 Å². The Hall–Kier alpha value is -5.60. The van der Waals surface area contributed by atoms with Gasteiger partial charge in [-0.1, -0.05) is 103 Å². The zero-order valence-electron chi connectivity index (χ0n) is 22.9. The van der Waals surface area contributed by atoms with Crippen molar-refractivity contribution in [2.45, 2.75) is 0 Å². The van der Waals surface area contributed by atoms with Crippen LogP contribution in [-0.2, 0) is 0 Å². The Labute approximate surface area is 243 Å². The summed E-state index contributed by atoms with van der Waals surface area (Å²) in [5, 5.41) is 7.59. The normalized spacial score (nSPS) is 11.8. The van der Waals surface area contributed by atoms with Crippen molar-refractivity contribution in [1.29, 1.82) is 0 Å². The van der Waals surface area contributed by atoms with Gasteiger partial charge in [-0.2, -0.15) is 0 Å². The summed E-state index contributed by atoms with van der Waals surface area (Å²) in [4.78, 5) is 0. The second kappa shape index (κ2) is 8.95. The van der Waals surface area contributed by atoms with E-state index < -0.39 is 0 Å². The lowest BCUT2D eigenvalue weighted by Gasteiger charge is -2.11. The van der Waals surface area contributed by atoms with Crippen LogP contribution in [0.1, 0.15) is 0 Å². The standard InChI is InChI=1S/C40H26N2/c1-3-12-27(13-4-1)28-16-11-19-32(22-28)42-37-21-10-9-20-33(37)35-25-36-34-23-29-14-7-8-15-30(29)24-38(34)41(40(36)26-39(35)42)31-17-5-2-6-18-31/h1-26H. The molecule has 2 nitrogen and oxygen atoms in total. The van der Waals surface area contributed by atoms with Crippen LogP contribution in [0.25, 0.3) is 76.9 Å². The second-order valence-corrected chi connectivity index (χ2v) is 11.0. The lowest BCUT2D eigenvalue weighted by Crippen LogP contribution is -1.96. The lowest BCUT2D eigenvalue weighted by molar-refractivity contribution is 1.17. The lowest BCUT2D eigenvalue weighted by atomic mass is 10.0. The van der Waals surface area contributed by atoms with Gasteiger partial charge in [-0.05, 0) is 76.5 Å². The Kier molecular flexibility index (Phi) is 4.93. The SMILES string of the molecule is c1ccc(-c2cccc(-n3c4ccccc4c4cc5c6cc7ccccc7cc6n(-c6ccccc6)c5cc43)c2)cc1. The number of fused-ring (bicyclic) bond motifs is 7. The van der Waals surface area contributed by atoms with Crippen molar-refractivity contribution in [3.63, 3.8) is 0 Å². The number of rotatable bonds is 3. The number of hydrogen-bond acceptors (Lipinski definition) is 0. The molecule has 2 aromatic heterocycles. The highest BCUT2D eigenvalue weighted by Crippen LogP contribution is 2.41. The first-order valence-corrected chi connectivity index (χ1v) is 14.4. The Balaban J connectivity index is 1.42. The molecule has 0 unspecified atom stereocenters. The molecule has 0 bridgehead atoms. The maximum absolute atomic E-state index is 2.43. The van der Waals surface area contributed by atoms with Crippen LogP contribution in [0.3, 0.4) is 0 Å². The van der Waals surface area contributed by atoms with Crippen molar-refractivity contribution in [2.24, 2.45) is 0 Å². The minimum absolute atomic E-state index is 1.16. The Morgan fingerprint density at radius 3 is 1.64 bits per heavy atom. The highest BCUT2D eigenvalue weighted by atomic mass is 15.0. The number of para-hydroxylation sites is 2. The fourth-order valence-corrected chi connectivity index (χ4v) is 6.75. The summed E-state index contributed by atoms with van der Waals surface area (Å²) in [5.74, 6) is 0. The van der Waals surface area contributed by atoms with Gasteiger partial charge in [-0.15, -0.1) is 0 Å². The number of benzene rings is 7. The van der Waals surface area contributed by atoms with Crippen LogP contribution in [0.2, 0.25) is 0 Å². The van der Waals surface area contributed by atoms with Crippen LogP contribution in [0.15, 0.2) is 158 Å². The van der Waals surface area contributed by atoms with Crippen molar-refractivity contribution in [1.82, 2.24) is 9.13 Å². The van der Waals surface area contributed by atoms with E-state index in [4.69, 9.17) is 0 Å². The summed E-state index contributed by atoms with van der Waals surface area (Å²) in [6, 6.07) is 57.3. The van der Waals surface area contributed by atoms with Crippen LogP contribution in [0.5, 0.6) is 0 Å². The molecule has 2 heterocycles. The van der Waals surface area contributed by atoms with Gasteiger partial charge in [0.05, 0.1) is 22.1 Å². The molecule has 7 aromatic carbocycles. The summed E-state index contributed by atoms with van der Waals surface area (Å²) in [6.07, 6.45) is 0. The maximum Gasteiger partial charge on any atom is 0.0562 e. The van der Waals surface area contributed by atoms with Crippen molar-refractivity contribution >= 4 is 54.4 Å².